The molecular weight excluding hydrogens is 169 g/mol. The first kappa shape index (κ1) is 9.22. The van der Waals surface area contributed by atoms with Crippen molar-refractivity contribution in [3.05, 3.63) is 12.4 Å². The van der Waals surface area contributed by atoms with Gasteiger partial charge in [0.25, 0.3) is 0 Å². The lowest BCUT2D eigenvalue weighted by atomic mass is 10.2. The predicted octanol–water partition coefficient (Wildman–Crippen LogP) is 1.36. The van der Waals surface area contributed by atoms with Gasteiger partial charge in [-0.15, -0.1) is 0 Å². The van der Waals surface area contributed by atoms with Crippen LogP contribution in [0.5, 0.6) is 0 Å². The van der Waals surface area contributed by atoms with Gasteiger partial charge in [-0.25, -0.2) is 0 Å². The summed E-state index contributed by atoms with van der Waals surface area (Å²) in [6.45, 7) is 4.08. The van der Waals surface area contributed by atoms with Crippen molar-refractivity contribution in [2.45, 2.75) is 25.1 Å². The lowest BCUT2D eigenvalue weighted by Gasteiger charge is -2.10. The Morgan fingerprint density at radius 3 is 2.58 bits per heavy atom. The van der Waals surface area contributed by atoms with Gasteiger partial charge < -0.3 is 10.6 Å². The molecule has 0 radical (unpaired) electrons. The summed E-state index contributed by atoms with van der Waals surface area (Å²) in [6, 6.07) is -0.126. The molecule has 5 heteroatoms. The van der Waals surface area contributed by atoms with Gasteiger partial charge in [-0.2, -0.15) is 13.2 Å². The van der Waals surface area contributed by atoms with Crippen LogP contribution in [0.15, 0.2) is 12.4 Å². The lowest BCUT2D eigenvalue weighted by Crippen LogP contribution is -2.25. The standard InChI is InChI=1S/C7H11F3N2/c1-5-11-4-6(12-5)2-3-7(8,9)10/h6,11-12H,1-4H2. The molecule has 2 N–H and O–H groups in total. The number of rotatable bonds is 2. The van der Waals surface area contributed by atoms with Crippen molar-refractivity contribution in [2.24, 2.45) is 0 Å². The molecule has 1 fully saturated rings. The average molecular weight is 180 g/mol. The van der Waals surface area contributed by atoms with E-state index < -0.39 is 12.6 Å². The number of hydrogen-bond acceptors (Lipinski definition) is 2. The third-order valence-corrected chi connectivity index (χ3v) is 1.72. The van der Waals surface area contributed by atoms with E-state index in [1.54, 1.807) is 0 Å². The van der Waals surface area contributed by atoms with Gasteiger partial charge in [-0.05, 0) is 6.42 Å². The van der Waals surface area contributed by atoms with Crippen LogP contribution in [0, 0.1) is 0 Å². The maximum atomic E-state index is 11.7. The summed E-state index contributed by atoms with van der Waals surface area (Å²) >= 11 is 0. The van der Waals surface area contributed by atoms with Crippen LogP contribution in [0.4, 0.5) is 13.2 Å². The van der Waals surface area contributed by atoms with Crippen molar-refractivity contribution in [3.8, 4) is 0 Å². The first-order valence-electron chi connectivity index (χ1n) is 3.73. The minimum atomic E-state index is -4.05. The highest BCUT2D eigenvalue weighted by molar-refractivity contribution is 4.99. The summed E-state index contributed by atoms with van der Waals surface area (Å²) < 4.78 is 35.2. The van der Waals surface area contributed by atoms with E-state index >= 15 is 0 Å². The maximum Gasteiger partial charge on any atom is 0.389 e. The van der Waals surface area contributed by atoms with Crippen molar-refractivity contribution < 1.29 is 13.2 Å². The zero-order valence-corrected chi connectivity index (χ0v) is 6.54. The third-order valence-electron chi connectivity index (χ3n) is 1.72. The molecule has 0 aromatic heterocycles. The van der Waals surface area contributed by atoms with E-state index in [9.17, 15) is 13.2 Å². The molecule has 0 aromatic carbocycles. The normalized spacial score (nSPS) is 23.6. The summed E-state index contributed by atoms with van der Waals surface area (Å²) in [5.74, 6) is 0.613. The molecule has 70 valence electrons. The van der Waals surface area contributed by atoms with Crippen LogP contribution < -0.4 is 10.6 Å². The summed E-state index contributed by atoms with van der Waals surface area (Å²) in [6.07, 6.45) is -4.68. The molecule has 0 amide bonds. The molecule has 1 aliphatic rings. The monoisotopic (exact) mass is 180 g/mol. The number of halogens is 3. The minimum Gasteiger partial charge on any atom is -0.370 e. The highest BCUT2D eigenvalue weighted by atomic mass is 19.4. The Labute approximate surface area is 68.8 Å². The van der Waals surface area contributed by atoms with Crippen LogP contribution in [0.25, 0.3) is 0 Å². The van der Waals surface area contributed by atoms with Crippen LogP contribution in [0.1, 0.15) is 12.8 Å². The zero-order valence-electron chi connectivity index (χ0n) is 6.54. The van der Waals surface area contributed by atoms with Crippen LogP contribution in [0.2, 0.25) is 0 Å². The fraction of sp³-hybridized carbons (Fsp3) is 0.714. The molecule has 0 aromatic rings. The Balaban J connectivity index is 2.20. The third kappa shape index (κ3) is 3.02. The molecule has 12 heavy (non-hydrogen) atoms. The quantitative estimate of drug-likeness (QED) is 0.670. The molecule has 1 atom stereocenters. The van der Waals surface area contributed by atoms with Crippen LogP contribution in [-0.2, 0) is 0 Å². The Morgan fingerprint density at radius 1 is 1.50 bits per heavy atom. The highest BCUT2D eigenvalue weighted by Crippen LogP contribution is 2.22. The Morgan fingerprint density at radius 2 is 2.17 bits per heavy atom. The molecule has 1 heterocycles. The average Bonchev–Trinajstić information content (AvgIpc) is 2.30. The van der Waals surface area contributed by atoms with Crippen molar-refractivity contribution in [3.63, 3.8) is 0 Å². The zero-order chi connectivity index (χ0) is 9.19. The second-order valence-corrected chi connectivity index (χ2v) is 2.85. The Bertz CT molecular complexity index is 176. The van der Waals surface area contributed by atoms with E-state index in [2.05, 4.69) is 17.2 Å². The predicted molar refractivity (Wildman–Crippen MR) is 39.4 cm³/mol. The molecule has 0 aliphatic carbocycles. The summed E-state index contributed by atoms with van der Waals surface area (Å²) in [7, 11) is 0. The SMILES string of the molecule is C=C1NCC(CCC(F)(F)F)N1. The van der Waals surface area contributed by atoms with Crippen molar-refractivity contribution >= 4 is 0 Å². The fourth-order valence-electron chi connectivity index (χ4n) is 1.11. The topological polar surface area (TPSA) is 24.1 Å². The Kier molecular flexibility index (Phi) is 2.49. The van der Waals surface area contributed by atoms with E-state index in [-0.39, 0.29) is 12.5 Å². The fourth-order valence-corrected chi connectivity index (χ4v) is 1.11. The molecular formula is C7H11F3N2. The maximum absolute atomic E-state index is 11.7. The number of nitrogens with one attached hydrogen (secondary N) is 2. The van der Waals surface area contributed by atoms with E-state index in [1.165, 1.54) is 0 Å². The highest BCUT2D eigenvalue weighted by Gasteiger charge is 2.29. The van der Waals surface area contributed by atoms with Crippen molar-refractivity contribution in [1.29, 1.82) is 0 Å². The Hall–Kier alpha value is -0.870. The van der Waals surface area contributed by atoms with E-state index in [0.717, 1.165) is 0 Å². The van der Waals surface area contributed by atoms with Gasteiger partial charge in [0.05, 0.1) is 5.82 Å². The van der Waals surface area contributed by atoms with Crippen LogP contribution in [0.3, 0.4) is 0 Å². The largest absolute Gasteiger partial charge is 0.389 e. The van der Waals surface area contributed by atoms with Crippen LogP contribution >= 0.6 is 0 Å². The molecule has 0 spiro atoms. The lowest BCUT2D eigenvalue weighted by molar-refractivity contribution is -0.136. The van der Waals surface area contributed by atoms with Gasteiger partial charge in [0.15, 0.2) is 0 Å². The van der Waals surface area contributed by atoms with Gasteiger partial charge in [0, 0.05) is 19.0 Å². The van der Waals surface area contributed by atoms with Crippen molar-refractivity contribution in [2.75, 3.05) is 6.54 Å². The van der Waals surface area contributed by atoms with Gasteiger partial charge in [0.2, 0.25) is 0 Å². The van der Waals surface area contributed by atoms with Crippen LogP contribution in [-0.4, -0.2) is 18.8 Å². The number of hydrogen-bond donors (Lipinski definition) is 2. The van der Waals surface area contributed by atoms with Gasteiger partial charge in [-0.3, -0.25) is 0 Å². The molecule has 1 unspecified atom stereocenters. The van der Waals surface area contributed by atoms with Gasteiger partial charge >= 0.3 is 6.18 Å². The summed E-state index contributed by atoms with van der Waals surface area (Å²) in [5, 5.41) is 5.65. The molecule has 0 saturated carbocycles. The van der Waals surface area contributed by atoms with E-state index in [4.69, 9.17) is 0 Å². The van der Waals surface area contributed by atoms with Gasteiger partial charge in [0.1, 0.15) is 0 Å². The second kappa shape index (κ2) is 3.25. The minimum absolute atomic E-state index is 0.107. The van der Waals surface area contributed by atoms with Crippen molar-refractivity contribution in [1.82, 2.24) is 10.6 Å². The molecule has 0 bridgehead atoms. The summed E-state index contributed by atoms with van der Waals surface area (Å²) in [5.41, 5.74) is 0. The molecule has 1 rings (SSSR count). The second-order valence-electron chi connectivity index (χ2n) is 2.85. The molecule has 1 aliphatic heterocycles. The van der Waals surface area contributed by atoms with E-state index in [0.29, 0.717) is 12.4 Å². The first-order valence-corrected chi connectivity index (χ1v) is 3.73. The smallest absolute Gasteiger partial charge is 0.370 e. The molecule has 1 saturated heterocycles. The first-order chi connectivity index (χ1) is 5.47. The molecule has 2 nitrogen and oxygen atoms in total. The van der Waals surface area contributed by atoms with E-state index in [1.807, 2.05) is 0 Å². The summed E-state index contributed by atoms with van der Waals surface area (Å²) in [4.78, 5) is 0. The van der Waals surface area contributed by atoms with Gasteiger partial charge in [-0.1, -0.05) is 6.58 Å². The number of alkyl halides is 3.